The number of hydrogen-bond donors (Lipinski definition) is 0. The first-order valence-corrected chi connectivity index (χ1v) is 13.9. The highest BCUT2D eigenvalue weighted by atomic mass is 32.1. The van der Waals surface area contributed by atoms with Gasteiger partial charge in [-0.15, -0.1) is 0 Å². The zero-order valence-corrected chi connectivity index (χ0v) is 20.2. The summed E-state index contributed by atoms with van der Waals surface area (Å²) in [5, 5.41) is 4.81. The second kappa shape index (κ2) is 20.0. The summed E-state index contributed by atoms with van der Waals surface area (Å²) < 4.78 is 0. The predicted octanol–water partition coefficient (Wildman–Crippen LogP) is 10.3. The molecule has 1 rings (SSSR count). The van der Waals surface area contributed by atoms with Crippen LogP contribution in [-0.2, 0) is 12.8 Å². The van der Waals surface area contributed by atoms with Gasteiger partial charge in [-0.25, -0.2) is 0 Å². The van der Waals surface area contributed by atoms with Gasteiger partial charge in [0.2, 0.25) is 0 Å². The molecule has 1 aromatic heterocycles. The summed E-state index contributed by atoms with van der Waals surface area (Å²) in [7, 11) is 0. The van der Waals surface area contributed by atoms with E-state index in [9.17, 15) is 0 Å². The molecular formula is C27H50S. The fourth-order valence-electron chi connectivity index (χ4n) is 4.22. The van der Waals surface area contributed by atoms with Crippen molar-refractivity contribution in [2.24, 2.45) is 0 Å². The number of unbranched alkanes of at least 4 members (excludes halogenated alkanes) is 17. The Morgan fingerprint density at radius 2 is 0.714 bits per heavy atom. The highest BCUT2D eigenvalue weighted by Gasteiger charge is 2.03. The van der Waals surface area contributed by atoms with E-state index < -0.39 is 0 Å². The largest absolute Gasteiger partial charge is 0.152 e. The molecule has 0 unspecified atom stereocenters. The van der Waals surface area contributed by atoms with Crippen LogP contribution in [0.15, 0.2) is 10.8 Å². The molecule has 0 bridgehead atoms. The molecule has 164 valence electrons. The lowest BCUT2D eigenvalue weighted by Crippen LogP contribution is -1.91. The molecule has 1 heterocycles. The molecule has 0 saturated heterocycles. The van der Waals surface area contributed by atoms with E-state index >= 15 is 0 Å². The summed E-state index contributed by atoms with van der Waals surface area (Å²) in [4.78, 5) is 0. The summed E-state index contributed by atoms with van der Waals surface area (Å²) in [6, 6.07) is 0. The van der Waals surface area contributed by atoms with E-state index in [-0.39, 0.29) is 0 Å². The Balaban J connectivity index is 1.82. The van der Waals surface area contributed by atoms with Crippen LogP contribution in [-0.4, -0.2) is 0 Å². The van der Waals surface area contributed by atoms with E-state index in [1.165, 1.54) is 135 Å². The van der Waals surface area contributed by atoms with Gasteiger partial charge in [0.05, 0.1) is 0 Å². The Morgan fingerprint density at radius 3 is 1.11 bits per heavy atom. The Bertz CT molecular complexity index is 420. The smallest absolute Gasteiger partial charge is 0.00584 e. The molecule has 0 spiro atoms. The van der Waals surface area contributed by atoms with Crippen LogP contribution in [0.5, 0.6) is 0 Å². The molecule has 0 aromatic carbocycles. The first-order valence-electron chi connectivity index (χ1n) is 12.9. The molecule has 1 aromatic rings. The molecule has 0 N–H and O–H groups in total. The monoisotopic (exact) mass is 406 g/mol. The van der Waals surface area contributed by atoms with Gasteiger partial charge in [-0.1, -0.05) is 123 Å². The lowest BCUT2D eigenvalue weighted by Gasteiger charge is -2.05. The number of thiophene rings is 1. The highest BCUT2D eigenvalue weighted by molar-refractivity contribution is 7.08. The van der Waals surface area contributed by atoms with Crippen molar-refractivity contribution >= 4 is 11.3 Å². The topological polar surface area (TPSA) is 0 Å². The molecule has 0 aliphatic carbocycles. The maximum Gasteiger partial charge on any atom is -0.00584 e. The van der Waals surface area contributed by atoms with Gasteiger partial charge in [-0.05, 0) is 47.6 Å². The van der Waals surface area contributed by atoms with E-state index in [1.807, 2.05) is 11.3 Å². The van der Waals surface area contributed by atoms with Crippen LogP contribution in [0.25, 0.3) is 0 Å². The zero-order valence-electron chi connectivity index (χ0n) is 19.4. The van der Waals surface area contributed by atoms with Crippen LogP contribution < -0.4 is 0 Å². The van der Waals surface area contributed by atoms with Crippen molar-refractivity contribution in [1.29, 1.82) is 0 Å². The first kappa shape index (κ1) is 25.7. The van der Waals surface area contributed by atoms with E-state index in [0.29, 0.717) is 0 Å². The Hall–Kier alpha value is -0.300. The number of aryl methyl sites for hydroxylation is 2. The average Bonchev–Trinajstić information content (AvgIpc) is 3.15. The lowest BCUT2D eigenvalue weighted by molar-refractivity contribution is 0.529. The Morgan fingerprint density at radius 1 is 0.429 bits per heavy atom. The molecule has 1 heteroatoms. The Labute approximate surface area is 181 Å². The molecule has 0 aliphatic rings. The van der Waals surface area contributed by atoms with Gasteiger partial charge >= 0.3 is 0 Å². The van der Waals surface area contributed by atoms with Gasteiger partial charge in [-0.2, -0.15) is 11.3 Å². The summed E-state index contributed by atoms with van der Waals surface area (Å²) in [5.41, 5.74) is 3.31. The fraction of sp³-hybridized carbons (Fsp3) is 0.852. The maximum absolute atomic E-state index is 2.41. The molecule has 28 heavy (non-hydrogen) atoms. The van der Waals surface area contributed by atoms with E-state index in [2.05, 4.69) is 24.6 Å². The van der Waals surface area contributed by atoms with Crippen LogP contribution in [0.4, 0.5) is 0 Å². The van der Waals surface area contributed by atoms with Crippen LogP contribution in [0.1, 0.15) is 147 Å². The molecular weight excluding hydrogens is 356 g/mol. The molecule has 0 fully saturated rings. The molecule has 0 nitrogen and oxygen atoms in total. The summed E-state index contributed by atoms with van der Waals surface area (Å²) in [6.45, 7) is 4.60. The van der Waals surface area contributed by atoms with Gasteiger partial charge in [-0.3, -0.25) is 0 Å². The van der Waals surface area contributed by atoms with Crippen molar-refractivity contribution in [2.45, 2.75) is 149 Å². The summed E-state index contributed by atoms with van der Waals surface area (Å²) >= 11 is 1.91. The van der Waals surface area contributed by atoms with Gasteiger partial charge in [0, 0.05) is 0 Å². The van der Waals surface area contributed by atoms with Crippen molar-refractivity contribution in [3.63, 3.8) is 0 Å². The minimum Gasteiger partial charge on any atom is -0.152 e. The highest BCUT2D eigenvalue weighted by Crippen LogP contribution is 2.21. The second-order valence-corrected chi connectivity index (χ2v) is 9.68. The van der Waals surface area contributed by atoms with Crippen molar-refractivity contribution in [1.82, 2.24) is 0 Å². The van der Waals surface area contributed by atoms with Crippen LogP contribution >= 0.6 is 11.3 Å². The predicted molar refractivity (Wildman–Crippen MR) is 131 cm³/mol. The minimum atomic E-state index is 1.31. The number of hydrogen-bond acceptors (Lipinski definition) is 1. The average molecular weight is 407 g/mol. The maximum atomic E-state index is 2.41. The van der Waals surface area contributed by atoms with Gasteiger partial charge < -0.3 is 0 Å². The quantitative estimate of drug-likeness (QED) is 0.178. The molecule has 0 atom stereocenters. The number of rotatable bonds is 21. The normalized spacial score (nSPS) is 11.4. The first-order chi connectivity index (χ1) is 13.9. The van der Waals surface area contributed by atoms with E-state index in [1.54, 1.807) is 11.1 Å². The van der Waals surface area contributed by atoms with Crippen LogP contribution in [0.3, 0.4) is 0 Å². The summed E-state index contributed by atoms with van der Waals surface area (Å²) in [5.74, 6) is 0. The summed E-state index contributed by atoms with van der Waals surface area (Å²) in [6.07, 6.45) is 30.0. The Kier molecular flexibility index (Phi) is 18.4. The lowest BCUT2D eigenvalue weighted by atomic mass is 10.0. The standard InChI is InChI=1S/C27H50S/c1-3-5-7-8-9-10-11-12-13-14-15-16-17-18-19-21-23-27-25-28-24-26(27)22-20-6-4-2/h24-25H,3-23H2,1-2H3. The van der Waals surface area contributed by atoms with Gasteiger partial charge in [0.1, 0.15) is 0 Å². The van der Waals surface area contributed by atoms with Crippen molar-refractivity contribution in [2.75, 3.05) is 0 Å². The fourth-order valence-corrected chi connectivity index (χ4v) is 5.15. The van der Waals surface area contributed by atoms with Gasteiger partial charge in [0.15, 0.2) is 0 Å². The SMILES string of the molecule is CCCCCCCCCCCCCCCCCCc1cscc1CCCCC. The zero-order chi connectivity index (χ0) is 20.1. The van der Waals surface area contributed by atoms with Gasteiger partial charge in [0.25, 0.3) is 0 Å². The molecule has 0 saturated carbocycles. The molecule has 0 amide bonds. The third-order valence-corrected chi connectivity index (χ3v) is 7.02. The van der Waals surface area contributed by atoms with Crippen LogP contribution in [0, 0.1) is 0 Å². The van der Waals surface area contributed by atoms with Crippen molar-refractivity contribution in [3.05, 3.63) is 21.9 Å². The third kappa shape index (κ3) is 14.7. The molecule has 0 aliphatic heterocycles. The minimum absolute atomic E-state index is 1.31. The van der Waals surface area contributed by atoms with E-state index in [0.717, 1.165) is 0 Å². The van der Waals surface area contributed by atoms with E-state index in [4.69, 9.17) is 0 Å². The van der Waals surface area contributed by atoms with Crippen molar-refractivity contribution < 1.29 is 0 Å². The molecule has 0 radical (unpaired) electrons. The van der Waals surface area contributed by atoms with Crippen molar-refractivity contribution in [3.8, 4) is 0 Å². The van der Waals surface area contributed by atoms with Crippen LogP contribution in [0.2, 0.25) is 0 Å². The third-order valence-electron chi connectivity index (χ3n) is 6.18. The second-order valence-electron chi connectivity index (χ2n) is 8.93.